The molecular weight excluding hydrogens is 368 g/mol. The fourth-order valence-electron chi connectivity index (χ4n) is 2.43. The number of nitrogens with one attached hydrogen (secondary N) is 2. The molecule has 9 heteroatoms. The standard InChI is InChI=1S/C18H18N4O4S/c1-12-10-13(2)20-18(19-12)22-21-17(23)16-9-8-14(26-16)11-27(24,25)15-6-4-3-5-7-15/h3-10H,11H2,1-2H3,(H,21,23)(H,19,20,22). The van der Waals surface area contributed by atoms with E-state index in [0.717, 1.165) is 11.4 Å². The molecule has 2 N–H and O–H groups in total. The number of aromatic nitrogens is 2. The first-order valence-corrected chi connectivity index (χ1v) is 9.74. The van der Waals surface area contributed by atoms with Crippen LogP contribution in [0.4, 0.5) is 5.95 Å². The molecule has 0 atom stereocenters. The SMILES string of the molecule is Cc1cc(C)nc(NNC(=O)c2ccc(CS(=O)(=O)c3ccccc3)o2)n1. The van der Waals surface area contributed by atoms with Crippen LogP contribution in [0.25, 0.3) is 0 Å². The van der Waals surface area contributed by atoms with E-state index in [1.54, 1.807) is 24.3 Å². The summed E-state index contributed by atoms with van der Waals surface area (Å²) < 4.78 is 30.1. The number of amides is 1. The lowest BCUT2D eigenvalue weighted by Gasteiger charge is -2.07. The molecule has 140 valence electrons. The van der Waals surface area contributed by atoms with Crippen LogP contribution in [0.3, 0.4) is 0 Å². The van der Waals surface area contributed by atoms with Gasteiger partial charge in [-0.3, -0.25) is 15.6 Å². The zero-order chi connectivity index (χ0) is 19.4. The van der Waals surface area contributed by atoms with Gasteiger partial charge in [-0.15, -0.1) is 0 Å². The van der Waals surface area contributed by atoms with Crippen molar-refractivity contribution >= 4 is 21.7 Å². The van der Waals surface area contributed by atoms with Gasteiger partial charge in [0.1, 0.15) is 11.5 Å². The lowest BCUT2D eigenvalue weighted by atomic mass is 10.4. The Morgan fingerprint density at radius 2 is 1.70 bits per heavy atom. The Kier molecular flexibility index (Phi) is 5.22. The Morgan fingerprint density at radius 1 is 1.04 bits per heavy atom. The summed E-state index contributed by atoms with van der Waals surface area (Å²) in [7, 11) is -3.55. The number of sulfone groups is 1. The number of rotatable bonds is 6. The Morgan fingerprint density at radius 3 is 2.37 bits per heavy atom. The van der Waals surface area contributed by atoms with Gasteiger partial charge in [0, 0.05) is 11.4 Å². The fourth-order valence-corrected chi connectivity index (χ4v) is 3.70. The maximum atomic E-state index is 12.4. The van der Waals surface area contributed by atoms with E-state index in [9.17, 15) is 13.2 Å². The molecule has 2 heterocycles. The first-order valence-electron chi connectivity index (χ1n) is 8.09. The third-order valence-electron chi connectivity index (χ3n) is 3.59. The summed E-state index contributed by atoms with van der Waals surface area (Å²) in [6.07, 6.45) is 0. The summed E-state index contributed by atoms with van der Waals surface area (Å²) >= 11 is 0. The van der Waals surface area contributed by atoms with Crippen LogP contribution in [0.2, 0.25) is 0 Å². The fraction of sp³-hybridized carbons (Fsp3) is 0.167. The Hall–Kier alpha value is -3.20. The molecule has 0 unspecified atom stereocenters. The van der Waals surface area contributed by atoms with Gasteiger partial charge in [-0.05, 0) is 44.2 Å². The summed E-state index contributed by atoms with van der Waals surface area (Å²) in [5.41, 5.74) is 6.54. The van der Waals surface area contributed by atoms with Gasteiger partial charge in [0.2, 0.25) is 5.95 Å². The van der Waals surface area contributed by atoms with E-state index in [1.165, 1.54) is 24.3 Å². The largest absolute Gasteiger partial charge is 0.455 e. The summed E-state index contributed by atoms with van der Waals surface area (Å²) in [6, 6.07) is 12.7. The van der Waals surface area contributed by atoms with Crippen LogP contribution in [0.15, 0.2) is 57.8 Å². The predicted octanol–water partition coefficient (Wildman–Crippen LogP) is 2.42. The van der Waals surface area contributed by atoms with E-state index in [4.69, 9.17) is 4.42 Å². The van der Waals surface area contributed by atoms with Crippen LogP contribution in [0.1, 0.15) is 27.7 Å². The van der Waals surface area contributed by atoms with Crippen molar-refractivity contribution in [3.63, 3.8) is 0 Å². The van der Waals surface area contributed by atoms with Gasteiger partial charge in [0.15, 0.2) is 15.6 Å². The van der Waals surface area contributed by atoms with E-state index in [0.29, 0.717) is 0 Å². The van der Waals surface area contributed by atoms with Crippen molar-refractivity contribution in [3.8, 4) is 0 Å². The van der Waals surface area contributed by atoms with Crippen molar-refractivity contribution < 1.29 is 17.6 Å². The van der Waals surface area contributed by atoms with Gasteiger partial charge in [-0.25, -0.2) is 18.4 Å². The van der Waals surface area contributed by atoms with Crippen molar-refractivity contribution in [2.75, 3.05) is 5.43 Å². The molecule has 3 rings (SSSR count). The molecule has 0 radical (unpaired) electrons. The average Bonchev–Trinajstić information content (AvgIpc) is 3.07. The van der Waals surface area contributed by atoms with E-state index in [1.807, 2.05) is 13.8 Å². The molecule has 0 aliphatic heterocycles. The molecule has 0 bridgehead atoms. The maximum absolute atomic E-state index is 12.4. The molecule has 0 saturated carbocycles. The molecule has 0 spiro atoms. The highest BCUT2D eigenvalue weighted by atomic mass is 32.2. The van der Waals surface area contributed by atoms with Crippen LogP contribution in [0.5, 0.6) is 0 Å². The van der Waals surface area contributed by atoms with Gasteiger partial charge < -0.3 is 4.42 Å². The third kappa shape index (κ3) is 4.70. The van der Waals surface area contributed by atoms with Crippen molar-refractivity contribution in [1.29, 1.82) is 0 Å². The third-order valence-corrected chi connectivity index (χ3v) is 5.25. The second-order valence-electron chi connectivity index (χ2n) is 5.89. The first kappa shape index (κ1) is 18.6. The molecule has 0 aliphatic rings. The topological polar surface area (TPSA) is 114 Å². The highest BCUT2D eigenvalue weighted by Gasteiger charge is 2.19. The molecule has 1 amide bonds. The molecule has 1 aromatic carbocycles. The maximum Gasteiger partial charge on any atom is 0.305 e. The number of furan rings is 1. The van der Waals surface area contributed by atoms with Gasteiger partial charge >= 0.3 is 5.91 Å². The molecule has 8 nitrogen and oxygen atoms in total. The smallest absolute Gasteiger partial charge is 0.305 e. The number of carbonyl (C=O) groups excluding carboxylic acids is 1. The quantitative estimate of drug-likeness (QED) is 0.625. The molecule has 0 saturated heterocycles. The van der Waals surface area contributed by atoms with Crippen LogP contribution >= 0.6 is 0 Å². The van der Waals surface area contributed by atoms with Crippen molar-refractivity contribution in [3.05, 3.63) is 71.4 Å². The summed E-state index contributed by atoms with van der Waals surface area (Å²) in [4.78, 5) is 20.6. The average molecular weight is 386 g/mol. The van der Waals surface area contributed by atoms with Crippen LogP contribution in [0, 0.1) is 13.8 Å². The minimum Gasteiger partial charge on any atom is -0.455 e. The van der Waals surface area contributed by atoms with Gasteiger partial charge in [0.25, 0.3) is 0 Å². The predicted molar refractivity (Wildman–Crippen MR) is 98.6 cm³/mol. The van der Waals surface area contributed by atoms with E-state index in [-0.39, 0.29) is 28.1 Å². The highest BCUT2D eigenvalue weighted by molar-refractivity contribution is 7.90. The Bertz CT molecular complexity index is 1040. The molecule has 27 heavy (non-hydrogen) atoms. The number of hydrogen-bond acceptors (Lipinski definition) is 7. The number of benzene rings is 1. The number of nitrogens with zero attached hydrogens (tertiary/aromatic N) is 2. The zero-order valence-corrected chi connectivity index (χ0v) is 15.6. The van der Waals surface area contributed by atoms with E-state index < -0.39 is 15.7 Å². The Labute approximate surface area is 156 Å². The molecular formula is C18H18N4O4S. The first-order chi connectivity index (χ1) is 12.8. The Balaban J connectivity index is 1.65. The second kappa shape index (κ2) is 7.58. The summed E-state index contributed by atoms with van der Waals surface area (Å²) in [6.45, 7) is 3.63. The van der Waals surface area contributed by atoms with Crippen molar-refractivity contribution in [1.82, 2.24) is 15.4 Å². The lowest BCUT2D eigenvalue weighted by molar-refractivity contribution is 0.0933. The van der Waals surface area contributed by atoms with Gasteiger partial charge in [0.05, 0.1) is 4.90 Å². The van der Waals surface area contributed by atoms with Crippen molar-refractivity contribution in [2.45, 2.75) is 24.5 Å². The van der Waals surface area contributed by atoms with Crippen LogP contribution in [-0.2, 0) is 15.6 Å². The van der Waals surface area contributed by atoms with Crippen LogP contribution < -0.4 is 10.9 Å². The number of hydrogen-bond donors (Lipinski definition) is 2. The summed E-state index contributed by atoms with van der Waals surface area (Å²) in [5, 5.41) is 0. The second-order valence-corrected chi connectivity index (χ2v) is 7.88. The monoisotopic (exact) mass is 386 g/mol. The van der Waals surface area contributed by atoms with Crippen LogP contribution in [-0.4, -0.2) is 24.3 Å². The number of anilines is 1. The zero-order valence-electron chi connectivity index (χ0n) is 14.8. The highest BCUT2D eigenvalue weighted by Crippen LogP contribution is 2.18. The van der Waals surface area contributed by atoms with Crippen molar-refractivity contribution in [2.24, 2.45) is 0 Å². The number of hydrazine groups is 1. The van der Waals surface area contributed by atoms with E-state index >= 15 is 0 Å². The summed E-state index contributed by atoms with van der Waals surface area (Å²) in [5.74, 6) is -0.505. The normalized spacial score (nSPS) is 11.2. The minimum atomic E-state index is -3.55. The molecule has 0 fully saturated rings. The number of carbonyl (C=O) groups is 1. The van der Waals surface area contributed by atoms with Gasteiger partial charge in [-0.2, -0.15) is 0 Å². The van der Waals surface area contributed by atoms with Gasteiger partial charge in [-0.1, -0.05) is 18.2 Å². The molecule has 3 aromatic rings. The lowest BCUT2D eigenvalue weighted by Crippen LogP contribution is -2.30. The number of aryl methyl sites for hydroxylation is 2. The molecule has 2 aromatic heterocycles. The van der Waals surface area contributed by atoms with E-state index in [2.05, 4.69) is 20.8 Å². The molecule has 0 aliphatic carbocycles. The minimum absolute atomic E-state index is 0.0230.